The van der Waals surface area contributed by atoms with Crippen molar-refractivity contribution >= 4 is 11.9 Å². The van der Waals surface area contributed by atoms with Crippen molar-refractivity contribution in [2.45, 2.75) is 32.7 Å². The molecule has 1 aliphatic heterocycles. The number of carbonyl (C=O) groups is 1. The Hall–Kier alpha value is -1.10. The molecule has 0 aliphatic carbocycles. The van der Waals surface area contributed by atoms with Gasteiger partial charge in [-0.1, -0.05) is 6.92 Å². The summed E-state index contributed by atoms with van der Waals surface area (Å²) in [5, 5.41) is 5.76. The Bertz CT molecular complexity index is 265. The molecule has 1 fully saturated rings. The summed E-state index contributed by atoms with van der Waals surface area (Å²) in [5.41, 5.74) is -0.678. The Morgan fingerprint density at radius 3 is 2.80 bits per heavy atom. The molecular weight excluding hydrogens is 194 g/mol. The molecule has 0 spiro atoms. The molecule has 15 heavy (non-hydrogen) atoms. The summed E-state index contributed by atoms with van der Waals surface area (Å²) < 4.78 is 5.27. The van der Waals surface area contributed by atoms with Crippen molar-refractivity contribution in [3.05, 3.63) is 0 Å². The molecule has 1 saturated heterocycles. The van der Waals surface area contributed by atoms with E-state index in [0.29, 0.717) is 25.7 Å². The molecule has 1 atom stereocenters. The lowest BCUT2D eigenvalue weighted by molar-refractivity contribution is -0.125. The highest BCUT2D eigenvalue weighted by Crippen LogP contribution is 2.10. The second-order valence-corrected chi connectivity index (χ2v) is 3.78. The third-order valence-corrected chi connectivity index (χ3v) is 2.22. The molecule has 0 radical (unpaired) electrons. The number of nitrogens with one attached hydrogen (secondary N) is 2. The first kappa shape index (κ1) is 12.0. The molecule has 5 nitrogen and oxygen atoms in total. The molecule has 0 saturated carbocycles. The smallest absolute Gasteiger partial charge is 0.254 e. The Kier molecular flexibility index (Phi) is 4.08. The van der Waals surface area contributed by atoms with E-state index in [4.69, 9.17) is 4.74 Å². The van der Waals surface area contributed by atoms with Gasteiger partial charge in [-0.3, -0.25) is 15.1 Å². The maximum absolute atomic E-state index is 11.6. The molecule has 1 rings (SSSR count). The molecule has 1 unspecified atom stereocenters. The predicted octanol–water partition coefficient (Wildman–Crippen LogP) is 0.267. The molecule has 86 valence electrons. The summed E-state index contributed by atoms with van der Waals surface area (Å²) in [7, 11) is 0. The van der Waals surface area contributed by atoms with Crippen LogP contribution in [0.4, 0.5) is 0 Å². The van der Waals surface area contributed by atoms with Crippen molar-refractivity contribution in [3.8, 4) is 0 Å². The largest absolute Gasteiger partial charge is 0.379 e. The molecule has 1 heterocycles. The predicted molar refractivity (Wildman–Crippen MR) is 58.8 cm³/mol. The van der Waals surface area contributed by atoms with E-state index in [9.17, 15) is 4.79 Å². The van der Waals surface area contributed by atoms with Crippen molar-refractivity contribution in [2.75, 3.05) is 19.8 Å². The normalized spacial score (nSPS) is 27.9. The fourth-order valence-electron chi connectivity index (χ4n) is 1.31. The van der Waals surface area contributed by atoms with Gasteiger partial charge in [-0.2, -0.15) is 0 Å². The Morgan fingerprint density at radius 2 is 2.20 bits per heavy atom. The monoisotopic (exact) mass is 213 g/mol. The van der Waals surface area contributed by atoms with Crippen LogP contribution < -0.4 is 10.6 Å². The average Bonchev–Trinajstić information content (AvgIpc) is 2.49. The van der Waals surface area contributed by atoms with Crippen LogP contribution in [0.1, 0.15) is 27.2 Å². The first-order chi connectivity index (χ1) is 7.12. The number of hydrogen-bond acceptors (Lipinski definition) is 3. The fourth-order valence-corrected chi connectivity index (χ4v) is 1.31. The van der Waals surface area contributed by atoms with Crippen molar-refractivity contribution < 1.29 is 9.53 Å². The van der Waals surface area contributed by atoms with Crippen LogP contribution in [0.15, 0.2) is 4.99 Å². The highest BCUT2D eigenvalue weighted by molar-refractivity contribution is 6.08. The van der Waals surface area contributed by atoms with Crippen LogP contribution in [0, 0.1) is 0 Å². The van der Waals surface area contributed by atoms with Crippen molar-refractivity contribution in [3.63, 3.8) is 0 Å². The highest BCUT2D eigenvalue weighted by atomic mass is 16.5. The molecule has 0 bridgehead atoms. The average molecular weight is 213 g/mol. The summed E-state index contributed by atoms with van der Waals surface area (Å²) in [5.74, 6) is 0.481. The summed E-state index contributed by atoms with van der Waals surface area (Å²) in [6.45, 7) is 7.44. The van der Waals surface area contributed by atoms with Crippen LogP contribution in [0.5, 0.6) is 0 Å². The van der Waals surface area contributed by atoms with E-state index >= 15 is 0 Å². The van der Waals surface area contributed by atoms with Crippen LogP contribution in [-0.4, -0.2) is 37.2 Å². The van der Waals surface area contributed by atoms with Crippen molar-refractivity contribution in [1.29, 1.82) is 0 Å². The number of hydrogen-bond donors (Lipinski definition) is 2. The minimum absolute atomic E-state index is 0.0780. The van der Waals surface area contributed by atoms with Gasteiger partial charge in [0.2, 0.25) is 0 Å². The van der Waals surface area contributed by atoms with Gasteiger partial charge in [0.1, 0.15) is 5.54 Å². The quantitative estimate of drug-likeness (QED) is 0.689. The molecular formula is C10H19N3O2. The van der Waals surface area contributed by atoms with Crippen LogP contribution in [-0.2, 0) is 9.53 Å². The zero-order valence-electron chi connectivity index (χ0n) is 9.59. The maximum atomic E-state index is 11.6. The van der Waals surface area contributed by atoms with E-state index in [0.717, 1.165) is 6.42 Å². The van der Waals surface area contributed by atoms with Gasteiger partial charge in [-0.05, 0) is 20.3 Å². The number of rotatable bonds is 5. The lowest BCUT2D eigenvalue weighted by Gasteiger charge is -2.20. The van der Waals surface area contributed by atoms with Crippen LogP contribution in [0.25, 0.3) is 0 Å². The minimum atomic E-state index is -0.678. The van der Waals surface area contributed by atoms with Crippen molar-refractivity contribution in [2.24, 2.45) is 4.99 Å². The van der Waals surface area contributed by atoms with Crippen molar-refractivity contribution in [1.82, 2.24) is 10.6 Å². The van der Waals surface area contributed by atoms with Gasteiger partial charge < -0.3 is 10.1 Å². The number of carbonyl (C=O) groups excluding carboxylic acids is 1. The van der Waals surface area contributed by atoms with E-state index in [1.54, 1.807) is 0 Å². The molecule has 1 amide bonds. The zero-order valence-corrected chi connectivity index (χ0v) is 9.59. The second kappa shape index (κ2) is 5.11. The van der Waals surface area contributed by atoms with E-state index in [2.05, 4.69) is 15.6 Å². The van der Waals surface area contributed by atoms with Crippen LogP contribution >= 0.6 is 0 Å². The molecule has 0 aromatic heterocycles. The van der Waals surface area contributed by atoms with Gasteiger partial charge in [0, 0.05) is 13.2 Å². The summed E-state index contributed by atoms with van der Waals surface area (Å²) in [6, 6.07) is 0. The third-order valence-electron chi connectivity index (χ3n) is 2.22. The second-order valence-electron chi connectivity index (χ2n) is 3.78. The highest BCUT2D eigenvalue weighted by Gasteiger charge is 2.40. The van der Waals surface area contributed by atoms with Gasteiger partial charge in [-0.25, -0.2) is 0 Å². The van der Waals surface area contributed by atoms with E-state index in [1.165, 1.54) is 0 Å². The van der Waals surface area contributed by atoms with Gasteiger partial charge in [-0.15, -0.1) is 0 Å². The summed E-state index contributed by atoms with van der Waals surface area (Å²) >= 11 is 0. The molecule has 5 heteroatoms. The zero-order chi connectivity index (χ0) is 11.3. The van der Waals surface area contributed by atoms with Gasteiger partial charge in [0.25, 0.3) is 5.91 Å². The standard InChI is InChI=1S/C10H19N3O2/c1-4-6-11-9-12-8(14)10(3,13-9)7-15-5-2/h4-7H2,1-3H3,(H2,11,12,13,14). The number of guanidine groups is 1. The van der Waals surface area contributed by atoms with Crippen LogP contribution in [0.3, 0.4) is 0 Å². The summed E-state index contributed by atoms with van der Waals surface area (Å²) in [6.07, 6.45) is 0.962. The Morgan fingerprint density at radius 1 is 1.47 bits per heavy atom. The topological polar surface area (TPSA) is 62.7 Å². The molecule has 0 aromatic carbocycles. The van der Waals surface area contributed by atoms with Gasteiger partial charge in [0.15, 0.2) is 5.96 Å². The van der Waals surface area contributed by atoms with E-state index in [1.807, 2.05) is 20.8 Å². The first-order valence-corrected chi connectivity index (χ1v) is 5.34. The molecule has 2 N–H and O–H groups in total. The molecule has 1 aliphatic rings. The van der Waals surface area contributed by atoms with E-state index < -0.39 is 5.54 Å². The third kappa shape index (κ3) is 2.92. The van der Waals surface area contributed by atoms with Gasteiger partial charge in [0.05, 0.1) is 6.61 Å². The summed E-state index contributed by atoms with van der Waals surface area (Å²) in [4.78, 5) is 15.9. The maximum Gasteiger partial charge on any atom is 0.254 e. The Balaban J connectivity index is 2.58. The van der Waals surface area contributed by atoms with E-state index in [-0.39, 0.29) is 5.91 Å². The SMILES string of the molecule is CCCN=C1NC(=O)C(C)(COCC)N1. The minimum Gasteiger partial charge on any atom is -0.379 e. The number of nitrogens with zero attached hydrogens (tertiary/aromatic N) is 1. The number of ether oxygens (including phenoxy) is 1. The lowest BCUT2D eigenvalue weighted by Crippen LogP contribution is -2.48. The number of amides is 1. The Labute approximate surface area is 90.3 Å². The fraction of sp³-hybridized carbons (Fsp3) is 0.800. The number of aliphatic imine (C=N–C) groups is 1. The first-order valence-electron chi connectivity index (χ1n) is 5.34. The molecule has 0 aromatic rings. The van der Waals surface area contributed by atoms with Crippen LogP contribution in [0.2, 0.25) is 0 Å². The van der Waals surface area contributed by atoms with Gasteiger partial charge >= 0.3 is 0 Å². The lowest BCUT2D eigenvalue weighted by atomic mass is 10.1.